The SMILES string of the molecule is O=C(NCCn1ccnc1)c1sccc1Br. The van der Waals surface area contributed by atoms with Crippen LogP contribution in [0.3, 0.4) is 0 Å². The van der Waals surface area contributed by atoms with E-state index in [4.69, 9.17) is 0 Å². The molecule has 1 N–H and O–H groups in total. The van der Waals surface area contributed by atoms with Crippen LogP contribution in [0.15, 0.2) is 34.6 Å². The van der Waals surface area contributed by atoms with Gasteiger partial charge in [0.25, 0.3) is 5.91 Å². The summed E-state index contributed by atoms with van der Waals surface area (Å²) >= 11 is 4.76. The highest BCUT2D eigenvalue weighted by Crippen LogP contribution is 2.22. The number of halogens is 1. The van der Waals surface area contributed by atoms with Crippen LogP contribution in [0, 0.1) is 0 Å². The van der Waals surface area contributed by atoms with Crippen LogP contribution in [0.2, 0.25) is 0 Å². The van der Waals surface area contributed by atoms with Gasteiger partial charge in [-0.05, 0) is 27.4 Å². The van der Waals surface area contributed by atoms with E-state index in [2.05, 4.69) is 26.2 Å². The Labute approximate surface area is 105 Å². The first-order valence-corrected chi connectivity index (χ1v) is 6.41. The van der Waals surface area contributed by atoms with E-state index in [1.807, 2.05) is 22.2 Å². The summed E-state index contributed by atoms with van der Waals surface area (Å²) in [6, 6.07) is 1.87. The Balaban J connectivity index is 1.83. The number of nitrogens with zero attached hydrogens (tertiary/aromatic N) is 2. The van der Waals surface area contributed by atoms with Crippen molar-refractivity contribution < 1.29 is 4.79 Å². The molecule has 0 fully saturated rings. The number of carbonyl (C=O) groups excluding carboxylic acids is 1. The van der Waals surface area contributed by atoms with Gasteiger partial charge in [-0.25, -0.2) is 4.98 Å². The molecule has 6 heteroatoms. The molecule has 0 bridgehead atoms. The fourth-order valence-electron chi connectivity index (χ4n) is 1.25. The van der Waals surface area contributed by atoms with Gasteiger partial charge >= 0.3 is 0 Å². The van der Waals surface area contributed by atoms with Crippen molar-refractivity contribution in [1.82, 2.24) is 14.9 Å². The standard InChI is InChI=1S/C10H10BrN3OS/c11-8-1-6-16-9(8)10(15)13-3-5-14-4-2-12-7-14/h1-2,4,6-7H,3,5H2,(H,13,15). The topological polar surface area (TPSA) is 46.9 Å². The summed E-state index contributed by atoms with van der Waals surface area (Å²) in [5, 5.41) is 4.74. The first-order valence-electron chi connectivity index (χ1n) is 4.74. The molecule has 4 nitrogen and oxygen atoms in total. The largest absolute Gasteiger partial charge is 0.350 e. The molecule has 0 aliphatic heterocycles. The third-order valence-electron chi connectivity index (χ3n) is 2.04. The molecule has 0 spiro atoms. The van der Waals surface area contributed by atoms with Gasteiger partial charge in [-0.2, -0.15) is 0 Å². The van der Waals surface area contributed by atoms with Crippen LogP contribution in [0.1, 0.15) is 9.67 Å². The van der Waals surface area contributed by atoms with Crippen molar-refractivity contribution >= 4 is 33.2 Å². The average molecular weight is 300 g/mol. The van der Waals surface area contributed by atoms with E-state index >= 15 is 0 Å². The molecular weight excluding hydrogens is 290 g/mol. The number of carbonyl (C=O) groups is 1. The molecule has 0 saturated carbocycles. The second kappa shape index (κ2) is 5.27. The fourth-order valence-corrected chi connectivity index (χ4v) is 2.72. The number of nitrogens with one attached hydrogen (secondary N) is 1. The molecule has 0 aliphatic carbocycles. The molecule has 16 heavy (non-hydrogen) atoms. The average Bonchev–Trinajstić information content (AvgIpc) is 2.88. The molecule has 2 aromatic rings. The molecule has 2 aromatic heterocycles. The highest BCUT2D eigenvalue weighted by Gasteiger charge is 2.10. The second-order valence-electron chi connectivity index (χ2n) is 3.15. The van der Waals surface area contributed by atoms with Crippen LogP contribution < -0.4 is 5.32 Å². The van der Waals surface area contributed by atoms with Crippen molar-refractivity contribution in [2.75, 3.05) is 6.54 Å². The number of hydrogen-bond donors (Lipinski definition) is 1. The van der Waals surface area contributed by atoms with E-state index in [0.29, 0.717) is 11.4 Å². The molecule has 0 unspecified atom stereocenters. The summed E-state index contributed by atoms with van der Waals surface area (Å²) < 4.78 is 2.77. The lowest BCUT2D eigenvalue weighted by Crippen LogP contribution is -2.26. The Bertz CT molecular complexity index is 466. The monoisotopic (exact) mass is 299 g/mol. The van der Waals surface area contributed by atoms with Crippen LogP contribution in [-0.2, 0) is 6.54 Å². The first-order chi connectivity index (χ1) is 7.77. The van der Waals surface area contributed by atoms with E-state index < -0.39 is 0 Å². The van der Waals surface area contributed by atoms with Crippen molar-refractivity contribution in [1.29, 1.82) is 0 Å². The number of amides is 1. The lowest BCUT2D eigenvalue weighted by molar-refractivity contribution is 0.0955. The quantitative estimate of drug-likeness (QED) is 0.940. The first kappa shape index (κ1) is 11.3. The number of rotatable bonds is 4. The minimum absolute atomic E-state index is 0.0398. The van der Waals surface area contributed by atoms with E-state index in [9.17, 15) is 4.79 Å². The number of hydrogen-bond acceptors (Lipinski definition) is 3. The Morgan fingerprint density at radius 1 is 1.62 bits per heavy atom. The predicted octanol–water partition coefficient (Wildman–Crippen LogP) is 2.14. The van der Waals surface area contributed by atoms with E-state index in [1.54, 1.807) is 12.5 Å². The van der Waals surface area contributed by atoms with Crippen molar-refractivity contribution in [3.05, 3.63) is 39.5 Å². The number of aromatic nitrogens is 2. The molecule has 0 atom stereocenters. The molecule has 2 heterocycles. The van der Waals surface area contributed by atoms with Gasteiger partial charge in [0.05, 0.1) is 6.33 Å². The predicted molar refractivity (Wildman–Crippen MR) is 66.6 cm³/mol. The maximum Gasteiger partial charge on any atom is 0.262 e. The van der Waals surface area contributed by atoms with Crippen LogP contribution in [-0.4, -0.2) is 22.0 Å². The highest BCUT2D eigenvalue weighted by molar-refractivity contribution is 9.10. The van der Waals surface area contributed by atoms with Crippen LogP contribution in [0.25, 0.3) is 0 Å². The summed E-state index contributed by atoms with van der Waals surface area (Å²) in [4.78, 5) is 16.3. The van der Waals surface area contributed by atoms with Gasteiger partial charge in [0.1, 0.15) is 4.88 Å². The number of thiophene rings is 1. The molecule has 0 saturated heterocycles. The Morgan fingerprint density at radius 2 is 2.50 bits per heavy atom. The third-order valence-corrected chi connectivity index (χ3v) is 3.87. The van der Waals surface area contributed by atoms with E-state index in [-0.39, 0.29) is 5.91 Å². The number of imidazole rings is 1. The summed E-state index contributed by atoms with van der Waals surface area (Å²) in [5.41, 5.74) is 0. The summed E-state index contributed by atoms with van der Waals surface area (Å²) in [6.45, 7) is 1.33. The fraction of sp³-hybridized carbons (Fsp3) is 0.200. The molecule has 0 radical (unpaired) electrons. The third kappa shape index (κ3) is 2.70. The van der Waals surface area contributed by atoms with E-state index in [0.717, 1.165) is 11.0 Å². The zero-order valence-electron chi connectivity index (χ0n) is 8.39. The molecule has 0 aliphatic rings. The maximum atomic E-state index is 11.7. The van der Waals surface area contributed by atoms with Crippen molar-refractivity contribution in [2.45, 2.75) is 6.54 Å². The van der Waals surface area contributed by atoms with Crippen molar-refractivity contribution in [2.24, 2.45) is 0 Å². The Morgan fingerprint density at radius 3 is 3.12 bits per heavy atom. The summed E-state index contributed by atoms with van der Waals surface area (Å²) in [7, 11) is 0. The zero-order valence-corrected chi connectivity index (χ0v) is 10.8. The van der Waals surface area contributed by atoms with Crippen LogP contribution in [0.4, 0.5) is 0 Å². The molecular formula is C10H10BrN3OS. The lowest BCUT2D eigenvalue weighted by atomic mass is 10.4. The molecule has 1 amide bonds. The van der Waals surface area contributed by atoms with Crippen molar-refractivity contribution in [3.63, 3.8) is 0 Å². The molecule has 84 valence electrons. The Hall–Kier alpha value is -1.14. The Kier molecular flexibility index (Phi) is 3.74. The van der Waals surface area contributed by atoms with Gasteiger partial charge < -0.3 is 9.88 Å². The van der Waals surface area contributed by atoms with Gasteiger partial charge in [-0.1, -0.05) is 0 Å². The van der Waals surface area contributed by atoms with Gasteiger partial charge in [-0.3, -0.25) is 4.79 Å². The van der Waals surface area contributed by atoms with Crippen LogP contribution >= 0.6 is 27.3 Å². The summed E-state index contributed by atoms with van der Waals surface area (Å²) in [6.07, 6.45) is 5.32. The lowest BCUT2D eigenvalue weighted by Gasteiger charge is -2.04. The van der Waals surface area contributed by atoms with Crippen LogP contribution in [0.5, 0.6) is 0 Å². The van der Waals surface area contributed by atoms with Crippen molar-refractivity contribution in [3.8, 4) is 0 Å². The second-order valence-corrected chi connectivity index (χ2v) is 4.92. The summed E-state index contributed by atoms with van der Waals surface area (Å²) in [5.74, 6) is -0.0398. The van der Waals surface area contributed by atoms with Gasteiger partial charge in [-0.15, -0.1) is 11.3 Å². The normalized spacial score (nSPS) is 10.3. The smallest absolute Gasteiger partial charge is 0.262 e. The van der Waals surface area contributed by atoms with Gasteiger partial charge in [0, 0.05) is 30.0 Å². The molecule has 0 aromatic carbocycles. The van der Waals surface area contributed by atoms with E-state index in [1.165, 1.54) is 11.3 Å². The minimum atomic E-state index is -0.0398. The maximum absolute atomic E-state index is 11.7. The zero-order chi connectivity index (χ0) is 11.4. The van der Waals surface area contributed by atoms with Gasteiger partial charge in [0.15, 0.2) is 0 Å². The van der Waals surface area contributed by atoms with Gasteiger partial charge in [0.2, 0.25) is 0 Å². The highest BCUT2D eigenvalue weighted by atomic mass is 79.9. The minimum Gasteiger partial charge on any atom is -0.350 e. The molecule has 2 rings (SSSR count).